The predicted octanol–water partition coefficient (Wildman–Crippen LogP) is 2.27. The monoisotopic (exact) mass is 244 g/mol. The quantitative estimate of drug-likeness (QED) is 0.848. The molecule has 0 saturated heterocycles. The van der Waals surface area contributed by atoms with Gasteiger partial charge in [-0.3, -0.25) is 4.98 Å². The largest absolute Gasteiger partial charge is 0.388 e. The molecule has 0 saturated carbocycles. The molecule has 0 amide bonds. The molecule has 2 rings (SSSR count). The Bertz CT molecular complexity index is 521. The fourth-order valence-corrected chi connectivity index (χ4v) is 2.39. The highest BCUT2D eigenvalue weighted by molar-refractivity contribution is 5.81. The Balaban J connectivity index is 2.36. The second kappa shape index (κ2) is 5.46. The molecule has 1 aromatic heterocycles. The van der Waals surface area contributed by atoms with Gasteiger partial charge >= 0.3 is 0 Å². The van der Waals surface area contributed by atoms with Gasteiger partial charge in [-0.2, -0.15) is 0 Å². The van der Waals surface area contributed by atoms with Crippen LogP contribution in [0.3, 0.4) is 0 Å². The van der Waals surface area contributed by atoms with Crippen LogP contribution in [-0.2, 0) is 6.42 Å². The first kappa shape index (κ1) is 13.0. The summed E-state index contributed by atoms with van der Waals surface area (Å²) >= 11 is 0. The maximum absolute atomic E-state index is 10.5. The van der Waals surface area contributed by atoms with E-state index in [4.69, 9.17) is 5.73 Å². The molecule has 2 aromatic rings. The van der Waals surface area contributed by atoms with Crippen molar-refractivity contribution in [1.82, 2.24) is 4.98 Å². The minimum Gasteiger partial charge on any atom is -0.388 e. The average Bonchev–Trinajstić information content (AvgIpc) is 2.39. The van der Waals surface area contributed by atoms with E-state index in [1.165, 1.54) is 0 Å². The molecule has 0 spiro atoms. The van der Waals surface area contributed by atoms with Gasteiger partial charge in [-0.05, 0) is 24.1 Å². The molecule has 0 aliphatic carbocycles. The van der Waals surface area contributed by atoms with Crippen LogP contribution in [0.15, 0.2) is 36.5 Å². The number of para-hydroxylation sites is 1. The minimum absolute atomic E-state index is 0.289. The average molecular weight is 244 g/mol. The number of hydrogen-bond acceptors (Lipinski definition) is 3. The maximum atomic E-state index is 10.5. The summed E-state index contributed by atoms with van der Waals surface area (Å²) in [7, 11) is 0. The van der Waals surface area contributed by atoms with E-state index in [0.717, 1.165) is 29.3 Å². The Labute approximate surface area is 108 Å². The maximum Gasteiger partial charge on any atom is 0.0809 e. The van der Waals surface area contributed by atoms with Gasteiger partial charge in [-0.25, -0.2) is 0 Å². The first-order valence-electron chi connectivity index (χ1n) is 6.43. The smallest absolute Gasteiger partial charge is 0.0809 e. The lowest BCUT2D eigenvalue weighted by Crippen LogP contribution is -2.39. The van der Waals surface area contributed by atoms with Crippen molar-refractivity contribution in [3.8, 4) is 0 Å². The summed E-state index contributed by atoms with van der Waals surface area (Å²) in [6.07, 6.45) is 4.03. The van der Waals surface area contributed by atoms with E-state index in [1.807, 2.05) is 30.3 Å². The number of nitrogens with zero attached hydrogens (tertiary/aromatic N) is 1. The Kier molecular flexibility index (Phi) is 3.94. The summed E-state index contributed by atoms with van der Waals surface area (Å²) in [6, 6.07) is 9.97. The van der Waals surface area contributed by atoms with E-state index in [0.29, 0.717) is 6.42 Å². The highest BCUT2D eigenvalue weighted by atomic mass is 16.3. The molecule has 0 aliphatic rings. The molecule has 3 heteroatoms. The molecule has 96 valence electrons. The van der Waals surface area contributed by atoms with Crippen LogP contribution in [0.25, 0.3) is 10.9 Å². The Morgan fingerprint density at radius 2 is 2.06 bits per heavy atom. The van der Waals surface area contributed by atoms with E-state index >= 15 is 0 Å². The van der Waals surface area contributed by atoms with Gasteiger partial charge in [0.25, 0.3) is 0 Å². The summed E-state index contributed by atoms with van der Waals surface area (Å²) < 4.78 is 0. The summed E-state index contributed by atoms with van der Waals surface area (Å²) in [6.45, 7) is 2.35. The van der Waals surface area contributed by atoms with Gasteiger partial charge in [0.2, 0.25) is 0 Å². The second-order valence-electron chi connectivity index (χ2n) is 4.84. The second-order valence-corrected chi connectivity index (χ2v) is 4.84. The van der Waals surface area contributed by atoms with Crippen LogP contribution in [0.2, 0.25) is 0 Å². The fraction of sp³-hybridized carbons (Fsp3) is 0.400. The zero-order valence-corrected chi connectivity index (χ0v) is 10.8. The van der Waals surface area contributed by atoms with Crippen molar-refractivity contribution in [1.29, 1.82) is 0 Å². The van der Waals surface area contributed by atoms with Gasteiger partial charge in [-0.1, -0.05) is 31.5 Å². The minimum atomic E-state index is -0.807. The third-order valence-corrected chi connectivity index (χ3v) is 3.35. The first-order valence-corrected chi connectivity index (χ1v) is 6.43. The van der Waals surface area contributed by atoms with Crippen molar-refractivity contribution in [3.05, 3.63) is 42.1 Å². The van der Waals surface area contributed by atoms with E-state index in [2.05, 4.69) is 11.9 Å². The Morgan fingerprint density at radius 1 is 1.28 bits per heavy atom. The van der Waals surface area contributed by atoms with Crippen molar-refractivity contribution in [3.63, 3.8) is 0 Å². The van der Waals surface area contributed by atoms with Gasteiger partial charge in [0.15, 0.2) is 0 Å². The van der Waals surface area contributed by atoms with Gasteiger partial charge in [0.1, 0.15) is 0 Å². The number of fused-ring (bicyclic) bond motifs is 1. The summed E-state index contributed by atoms with van der Waals surface area (Å²) in [5.74, 6) is 0. The van der Waals surface area contributed by atoms with Crippen LogP contribution in [-0.4, -0.2) is 22.2 Å². The van der Waals surface area contributed by atoms with Gasteiger partial charge in [0, 0.05) is 24.5 Å². The molecule has 3 N–H and O–H groups in total. The van der Waals surface area contributed by atoms with Crippen molar-refractivity contribution in [2.24, 2.45) is 5.73 Å². The summed E-state index contributed by atoms with van der Waals surface area (Å²) in [4.78, 5) is 4.33. The molecule has 1 heterocycles. The predicted molar refractivity (Wildman–Crippen MR) is 74.4 cm³/mol. The van der Waals surface area contributed by atoms with Crippen molar-refractivity contribution in [2.75, 3.05) is 6.54 Å². The topological polar surface area (TPSA) is 59.1 Å². The number of benzene rings is 1. The van der Waals surface area contributed by atoms with Gasteiger partial charge in [0.05, 0.1) is 11.1 Å². The highest BCUT2D eigenvalue weighted by Gasteiger charge is 2.25. The summed E-state index contributed by atoms with van der Waals surface area (Å²) in [5.41, 5.74) is 6.99. The lowest BCUT2D eigenvalue weighted by molar-refractivity contribution is 0.0402. The highest BCUT2D eigenvalue weighted by Crippen LogP contribution is 2.23. The van der Waals surface area contributed by atoms with Crippen LogP contribution in [0.5, 0.6) is 0 Å². The number of hydrogen-bond donors (Lipinski definition) is 2. The van der Waals surface area contributed by atoms with Crippen LogP contribution < -0.4 is 5.73 Å². The van der Waals surface area contributed by atoms with Crippen LogP contribution in [0, 0.1) is 0 Å². The fourth-order valence-electron chi connectivity index (χ4n) is 2.39. The standard InChI is InChI=1S/C15H20N2O/c1-2-8-15(18,11-16)10-12-7-9-17-14-6-4-3-5-13(12)14/h3-7,9,18H,2,8,10-11,16H2,1H3. The summed E-state index contributed by atoms with van der Waals surface area (Å²) in [5, 5.41) is 11.6. The van der Waals surface area contributed by atoms with E-state index < -0.39 is 5.60 Å². The third-order valence-electron chi connectivity index (χ3n) is 3.35. The first-order chi connectivity index (χ1) is 8.68. The molecule has 18 heavy (non-hydrogen) atoms. The SMILES string of the molecule is CCCC(O)(CN)Cc1ccnc2ccccc12. The lowest BCUT2D eigenvalue weighted by atomic mass is 9.89. The zero-order chi connectivity index (χ0) is 13.0. The van der Waals surface area contributed by atoms with Crippen LogP contribution >= 0.6 is 0 Å². The molecule has 1 aromatic carbocycles. The number of aliphatic hydroxyl groups is 1. The zero-order valence-electron chi connectivity index (χ0n) is 10.8. The Hall–Kier alpha value is -1.45. The van der Waals surface area contributed by atoms with Crippen LogP contribution in [0.1, 0.15) is 25.3 Å². The molecular formula is C15H20N2O. The lowest BCUT2D eigenvalue weighted by Gasteiger charge is -2.26. The molecule has 1 atom stereocenters. The van der Waals surface area contributed by atoms with Crippen molar-refractivity contribution >= 4 is 10.9 Å². The molecule has 0 bridgehead atoms. The molecule has 3 nitrogen and oxygen atoms in total. The molecule has 0 radical (unpaired) electrons. The van der Waals surface area contributed by atoms with Crippen molar-refractivity contribution in [2.45, 2.75) is 31.8 Å². The molecule has 1 unspecified atom stereocenters. The van der Waals surface area contributed by atoms with Gasteiger partial charge in [-0.15, -0.1) is 0 Å². The number of rotatable bonds is 5. The number of aromatic nitrogens is 1. The van der Waals surface area contributed by atoms with Gasteiger partial charge < -0.3 is 10.8 Å². The molecule has 0 aliphatic heterocycles. The van der Waals surface area contributed by atoms with E-state index in [-0.39, 0.29) is 6.54 Å². The van der Waals surface area contributed by atoms with E-state index in [1.54, 1.807) is 6.20 Å². The van der Waals surface area contributed by atoms with E-state index in [9.17, 15) is 5.11 Å². The van der Waals surface area contributed by atoms with Crippen molar-refractivity contribution < 1.29 is 5.11 Å². The number of pyridine rings is 1. The third kappa shape index (κ3) is 2.68. The van der Waals surface area contributed by atoms with Crippen LogP contribution in [0.4, 0.5) is 0 Å². The normalized spacial score (nSPS) is 14.6. The molecule has 0 fully saturated rings. The number of nitrogens with two attached hydrogens (primary N) is 1. The Morgan fingerprint density at radius 3 is 2.78 bits per heavy atom. The molecular weight excluding hydrogens is 224 g/mol.